The molecule has 5 rings (SSSR count). The summed E-state index contributed by atoms with van der Waals surface area (Å²) in [5, 5.41) is 13.2. The second kappa shape index (κ2) is 14.8. The fourth-order valence-corrected chi connectivity index (χ4v) is 6.01. The number of aliphatic hydroxyl groups excluding tert-OH is 1. The van der Waals surface area contributed by atoms with Gasteiger partial charge >= 0.3 is 5.97 Å². The van der Waals surface area contributed by atoms with E-state index in [-0.39, 0.29) is 49.4 Å². The van der Waals surface area contributed by atoms with E-state index < -0.39 is 12.0 Å². The second-order valence-electron chi connectivity index (χ2n) is 11.6. The number of nitrogens with one attached hydrogen (secondary N) is 1. The zero-order valence-corrected chi connectivity index (χ0v) is 24.4. The summed E-state index contributed by atoms with van der Waals surface area (Å²) in [6, 6.07) is 26.9. The Kier molecular flexibility index (Phi) is 10.4. The summed E-state index contributed by atoms with van der Waals surface area (Å²) < 4.78 is 5.82. The average Bonchev–Trinajstić information content (AvgIpc) is 3.03. The van der Waals surface area contributed by atoms with Crippen LogP contribution in [0.5, 0.6) is 0 Å². The van der Waals surface area contributed by atoms with E-state index in [1.54, 1.807) is 4.90 Å². The number of benzene rings is 3. The van der Waals surface area contributed by atoms with Crippen molar-refractivity contribution in [3.05, 3.63) is 119 Å². The van der Waals surface area contributed by atoms with Crippen molar-refractivity contribution in [2.24, 2.45) is 11.8 Å². The number of rotatable bonds is 7. The number of nitrogens with zero attached hydrogens (tertiary/aromatic N) is 1. The van der Waals surface area contributed by atoms with Gasteiger partial charge < -0.3 is 20.1 Å². The number of hydrogen-bond donors (Lipinski definition) is 2. The SMILES string of the molecule is O=C1N[C@@H](Cc2ccccc2)COC(=O)[C@@H](Cc2ccccc2)CC=CC[C@@H]1CC(=O)N1Cc2ccccc2C[C@H]1CO. The predicted octanol–water partition coefficient (Wildman–Crippen LogP) is 4.42. The van der Waals surface area contributed by atoms with Gasteiger partial charge in [-0.05, 0) is 54.4 Å². The van der Waals surface area contributed by atoms with Crippen molar-refractivity contribution < 1.29 is 24.2 Å². The highest BCUT2D eigenvalue weighted by molar-refractivity contribution is 5.86. The molecule has 0 radical (unpaired) electrons. The summed E-state index contributed by atoms with van der Waals surface area (Å²) in [7, 11) is 0. The van der Waals surface area contributed by atoms with Gasteiger partial charge in [-0.1, -0.05) is 97.1 Å². The Morgan fingerprint density at radius 1 is 0.814 bits per heavy atom. The molecule has 0 unspecified atom stereocenters. The molecule has 2 amide bonds. The number of esters is 1. The van der Waals surface area contributed by atoms with Crippen LogP contribution in [0.1, 0.15) is 41.5 Å². The van der Waals surface area contributed by atoms with Crippen molar-refractivity contribution in [2.75, 3.05) is 13.2 Å². The van der Waals surface area contributed by atoms with Gasteiger partial charge in [-0.3, -0.25) is 14.4 Å². The minimum absolute atomic E-state index is 0.0279. The second-order valence-corrected chi connectivity index (χ2v) is 11.6. The van der Waals surface area contributed by atoms with Crippen LogP contribution in [0.15, 0.2) is 97.1 Å². The zero-order chi connectivity index (χ0) is 30.0. The molecule has 0 fully saturated rings. The van der Waals surface area contributed by atoms with E-state index in [0.717, 1.165) is 22.3 Å². The molecule has 0 bridgehead atoms. The van der Waals surface area contributed by atoms with Gasteiger partial charge in [0, 0.05) is 13.0 Å². The van der Waals surface area contributed by atoms with Gasteiger partial charge in [-0.15, -0.1) is 0 Å². The zero-order valence-electron chi connectivity index (χ0n) is 24.4. The molecule has 43 heavy (non-hydrogen) atoms. The number of aliphatic hydroxyl groups is 1. The molecule has 0 aliphatic carbocycles. The first-order valence-corrected chi connectivity index (χ1v) is 15.2. The molecule has 2 aliphatic heterocycles. The quantitative estimate of drug-likeness (QED) is 0.319. The molecule has 7 nitrogen and oxygen atoms in total. The van der Waals surface area contributed by atoms with Crippen molar-refractivity contribution in [1.82, 2.24) is 10.2 Å². The Balaban J connectivity index is 1.35. The van der Waals surface area contributed by atoms with Gasteiger partial charge in [-0.2, -0.15) is 0 Å². The van der Waals surface area contributed by atoms with E-state index in [1.807, 2.05) is 97.1 Å². The van der Waals surface area contributed by atoms with E-state index in [2.05, 4.69) is 5.32 Å². The highest BCUT2D eigenvalue weighted by Crippen LogP contribution is 2.26. The molecule has 2 heterocycles. The molecule has 2 N–H and O–H groups in total. The van der Waals surface area contributed by atoms with Crippen LogP contribution in [0.3, 0.4) is 0 Å². The van der Waals surface area contributed by atoms with Crippen LogP contribution in [0.25, 0.3) is 0 Å². The highest BCUT2D eigenvalue weighted by Gasteiger charge is 2.33. The third-order valence-electron chi connectivity index (χ3n) is 8.44. The number of carbonyl (C=O) groups excluding carboxylic acids is 3. The van der Waals surface area contributed by atoms with Crippen LogP contribution >= 0.6 is 0 Å². The van der Waals surface area contributed by atoms with E-state index in [9.17, 15) is 19.5 Å². The highest BCUT2D eigenvalue weighted by atomic mass is 16.5. The largest absolute Gasteiger partial charge is 0.463 e. The fraction of sp³-hybridized carbons (Fsp3) is 0.361. The van der Waals surface area contributed by atoms with Gasteiger partial charge in [0.15, 0.2) is 0 Å². The van der Waals surface area contributed by atoms with Crippen LogP contribution < -0.4 is 5.32 Å². The molecule has 3 aromatic carbocycles. The van der Waals surface area contributed by atoms with Crippen molar-refractivity contribution in [1.29, 1.82) is 0 Å². The first kappa shape index (κ1) is 30.2. The number of ether oxygens (including phenoxy) is 1. The fourth-order valence-electron chi connectivity index (χ4n) is 6.01. The molecular weight excluding hydrogens is 540 g/mol. The topological polar surface area (TPSA) is 95.9 Å². The molecular formula is C36H40N2O5. The minimum Gasteiger partial charge on any atom is -0.463 e. The molecule has 3 aromatic rings. The Hall–Kier alpha value is -4.23. The molecule has 0 aromatic heterocycles. The van der Waals surface area contributed by atoms with E-state index >= 15 is 0 Å². The lowest BCUT2D eigenvalue weighted by atomic mass is 9.91. The number of cyclic esters (lactones) is 1. The molecule has 224 valence electrons. The van der Waals surface area contributed by atoms with Crippen molar-refractivity contribution in [3.8, 4) is 0 Å². The summed E-state index contributed by atoms with van der Waals surface area (Å²) in [5.74, 6) is -1.63. The summed E-state index contributed by atoms with van der Waals surface area (Å²) in [5.41, 5.74) is 4.28. The van der Waals surface area contributed by atoms with Gasteiger partial charge in [0.05, 0.1) is 30.5 Å². The smallest absolute Gasteiger partial charge is 0.309 e. The number of hydrogen-bond acceptors (Lipinski definition) is 5. The van der Waals surface area contributed by atoms with Crippen LogP contribution in [0.4, 0.5) is 0 Å². The van der Waals surface area contributed by atoms with Gasteiger partial charge in [0.1, 0.15) is 6.61 Å². The van der Waals surface area contributed by atoms with Gasteiger partial charge in [-0.25, -0.2) is 0 Å². The third kappa shape index (κ3) is 8.20. The van der Waals surface area contributed by atoms with Crippen molar-refractivity contribution in [2.45, 2.75) is 57.2 Å². The Bertz CT molecular complexity index is 1410. The minimum atomic E-state index is -0.596. The lowest BCUT2D eigenvalue weighted by molar-refractivity contribution is -0.150. The van der Waals surface area contributed by atoms with Gasteiger partial charge in [0.25, 0.3) is 0 Å². The maximum absolute atomic E-state index is 13.7. The molecule has 0 saturated carbocycles. The molecule has 0 spiro atoms. The average molecular weight is 581 g/mol. The summed E-state index contributed by atoms with van der Waals surface area (Å²) in [6.45, 7) is 0.326. The number of carbonyl (C=O) groups is 3. The molecule has 2 aliphatic rings. The summed E-state index contributed by atoms with van der Waals surface area (Å²) in [4.78, 5) is 42.3. The van der Waals surface area contributed by atoms with E-state index in [4.69, 9.17) is 4.74 Å². The first-order valence-electron chi connectivity index (χ1n) is 15.2. The Morgan fingerprint density at radius 3 is 2.09 bits per heavy atom. The Labute approximate surface area is 253 Å². The van der Waals surface area contributed by atoms with Crippen molar-refractivity contribution in [3.63, 3.8) is 0 Å². The van der Waals surface area contributed by atoms with Crippen LogP contribution in [-0.2, 0) is 44.9 Å². The van der Waals surface area contributed by atoms with Crippen LogP contribution in [0, 0.1) is 11.8 Å². The maximum Gasteiger partial charge on any atom is 0.309 e. The molecule has 0 saturated heterocycles. The standard InChI is InChI=1S/C36H40N2O5/c39-24-33-21-28-15-7-10-18-31(28)23-38(33)34(40)22-29-16-8-9-17-30(19-26-11-3-1-4-12-26)36(42)43-25-32(37-35(29)41)20-27-13-5-2-6-14-27/h1-15,18,29-30,32-33,39H,16-17,19-25H2,(H,37,41)/t29-,30-,32+,33+/m1/s1. The lowest BCUT2D eigenvalue weighted by Gasteiger charge is -2.36. The monoisotopic (exact) mass is 580 g/mol. The van der Waals surface area contributed by atoms with Gasteiger partial charge in [0.2, 0.25) is 11.8 Å². The number of fused-ring (bicyclic) bond motifs is 1. The normalized spacial score (nSPS) is 22.9. The van der Waals surface area contributed by atoms with Crippen LogP contribution in [-0.4, -0.2) is 53.1 Å². The van der Waals surface area contributed by atoms with E-state index in [1.165, 1.54) is 0 Å². The summed E-state index contributed by atoms with van der Waals surface area (Å²) >= 11 is 0. The molecule has 4 atom stereocenters. The summed E-state index contributed by atoms with van der Waals surface area (Å²) in [6.07, 6.45) is 6.35. The van der Waals surface area contributed by atoms with E-state index in [0.29, 0.717) is 38.6 Å². The number of allylic oxidation sites excluding steroid dienone is 2. The maximum atomic E-state index is 13.7. The number of amides is 2. The van der Waals surface area contributed by atoms with Crippen LogP contribution in [0.2, 0.25) is 0 Å². The first-order chi connectivity index (χ1) is 21.0. The third-order valence-corrected chi connectivity index (χ3v) is 8.44. The van der Waals surface area contributed by atoms with Crippen molar-refractivity contribution >= 4 is 17.8 Å². The predicted molar refractivity (Wildman–Crippen MR) is 165 cm³/mol. The Morgan fingerprint density at radius 2 is 1.42 bits per heavy atom. The lowest BCUT2D eigenvalue weighted by Crippen LogP contribution is -2.48. The molecule has 7 heteroatoms.